The zero-order valence-electron chi connectivity index (χ0n) is 10.0. The summed E-state index contributed by atoms with van der Waals surface area (Å²) in [5.74, 6) is 2.24. The van der Waals surface area contributed by atoms with Gasteiger partial charge in [0.15, 0.2) is 0 Å². The molecule has 0 spiro atoms. The van der Waals surface area contributed by atoms with E-state index < -0.39 is 0 Å². The minimum Gasteiger partial charge on any atom is -0.316 e. The molecule has 3 heteroatoms. The van der Waals surface area contributed by atoms with Gasteiger partial charge in [0.2, 0.25) is 0 Å². The first-order valence-corrected chi connectivity index (χ1v) is 7.33. The van der Waals surface area contributed by atoms with E-state index in [1.807, 2.05) is 0 Å². The van der Waals surface area contributed by atoms with E-state index in [-0.39, 0.29) is 0 Å². The van der Waals surface area contributed by atoms with Crippen molar-refractivity contribution in [2.75, 3.05) is 32.4 Å². The number of nitrogens with one attached hydrogen (secondary N) is 1. The lowest BCUT2D eigenvalue weighted by Crippen LogP contribution is -2.41. The lowest BCUT2D eigenvalue weighted by Gasteiger charge is -2.31. The Hall–Kier alpha value is 0.270. The number of hydrogen-bond donors (Lipinski definition) is 1. The molecule has 0 bridgehead atoms. The van der Waals surface area contributed by atoms with Crippen molar-refractivity contribution in [2.24, 2.45) is 5.92 Å². The summed E-state index contributed by atoms with van der Waals surface area (Å²) in [6.45, 7) is 6.13. The van der Waals surface area contributed by atoms with Crippen molar-refractivity contribution in [3.8, 4) is 0 Å². The smallest absolute Gasteiger partial charge is 0.0193 e. The summed E-state index contributed by atoms with van der Waals surface area (Å²) in [6, 6.07) is 0.840. The van der Waals surface area contributed by atoms with E-state index in [1.165, 1.54) is 44.6 Å². The molecule has 0 aromatic rings. The zero-order chi connectivity index (χ0) is 10.7. The van der Waals surface area contributed by atoms with E-state index in [9.17, 15) is 0 Å². The Labute approximate surface area is 98.2 Å². The van der Waals surface area contributed by atoms with Crippen molar-refractivity contribution in [2.45, 2.75) is 37.5 Å². The van der Waals surface area contributed by atoms with E-state index in [4.69, 9.17) is 0 Å². The molecule has 15 heavy (non-hydrogen) atoms. The van der Waals surface area contributed by atoms with Crippen LogP contribution >= 0.6 is 11.8 Å². The van der Waals surface area contributed by atoms with Gasteiger partial charge in [-0.2, -0.15) is 11.8 Å². The molecular formula is C12H24N2S. The van der Waals surface area contributed by atoms with E-state index in [0.29, 0.717) is 0 Å². The van der Waals surface area contributed by atoms with Crippen molar-refractivity contribution in [3.05, 3.63) is 0 Å². The third-order valence-electron chi connectivity index (χ3n) is 3.75. The maximum Gasteiger partial charge on any atom is 0.0193 e. The van der Waals surface area contributed by atoms with Gasteiger partial charge in [-0.3, -0.25) is 0 Å². The maximum atomic E-state index is 3.51. The van der Waals surface area contributed by atoms with Crippen LogP contribution in [0.3, 0.4) is 0 Å². The molecule has 2 saturated heterocycles. The van der Waals surface area contributed by atoms with Crippen LogP contribution in [0, 0.1) is 5.92 Å². The first-order chi connectivity index (χ1) is 7.25. The van der Waals surface area contributed by atoms with Crippen LogP contribution in [0.5, 0.6) is 0 Å². The Bertz CT molecular complexity index is 192. The lowest BCUT2D eigenvalue weighted by molar-refractivity contribution is 0.198. The van der Waals surface area contributed by atoms with E-state index in [0.717, 1.165) is 17.2 Å². The van der Waals surface area contributed by atoms with Gasteiger partial charge in [-0.05, 0) is 45.3 Å². The minimum atomic E-state index is 0.840. The lowest BCUT2D eigenvalue weighted by atomic mass is 9.98. The van der Waals surface area contributed by atoms with Gasteiger partial charge in [-0.15, -0.1) is 0 Å². The predicted molar refractivity (Wildman–Crippen MR) is 68.5 cm³/mol. The van der Waals surface area contributed by atoms with Gasteiger partial charge < -0.3 is 10.2 Å². The molecule has 2 fully saturated rings. The molecule has 3 atom stereocenters. The third-order valence-corrected chi connectivity index (χ3v) is 5.08. The number of thioether (sulfide) groups is 1. The number of hydrogen-bond acceptors (Lipinski definition) is 3. The molecule has 0 aromatic carbocycles. The van der Waals surface area contributed by atoms with Crippen LogP contribution in [-0.2, 0) is 0 Å². The Balaban J connectivity index is 1.73. The quantitative estimate of drug-likeness (QED) is 0.793. The summed E-state index contributed by atoms with van der Waals surface area (Å²) in [7, 11) is 2.32. The molecule has 1 N–H and O–H groups in total. The molecule has 0 aromatic heterocycles. The molecule has 2 aliphatic heterocycles. The summed E-state index contributed by atoms with van der Waals surface area (Å²) >= 11 is 2.14. The molecule has 3 unspecified atom stereocenters. The summed E-state index contributed by atoms with van der Waals surface area (Å²) in [6.07, 6.45) is 4.18. The van der Waals surface area contributed by atoms with Crippen molar-refractivity contribution >= 4 is 11.8 Å². The summed E-state index contributed by atoms with van der Waals surface area (Å²) in [5.41, 5.74) is 0. The van der Waals surface area contributed by atoms with E-state index in [2.05, 4.69) is 35.9 Å². The van der Waals surface area contributed by atoms with Crippen LogP contribution in [0.15, 0.2) is 0 Å². The first-order valence-electron chi connectivity index (χ1n) is 6.28. The normalized spacial score (nSPS) is 37.4. The number of rotatable bonds is 3. The highest BCUT2D eigenvalue weighted by Crippen LogP contribution is 2.29. The van der Waals surface area contributed by atoms with E-state index >= 15 is 0 Å². The minimum absolute atomic E-state index is 0.840. The SMILES string of the molecule is CC1CC(N(C)CC2CCCNC2)CS1. The first kappa shape index (κ1) is 11.7. The van der Waals surface area contributed by atoms with Crippen molar-refractivity contribution in [1.29, 1.82) is 0 Å². The van der Waals surface area contributed by atoms with Gasteiger partial charge >= 0.3 is 0 Å². The van der Waals surface area contributed by atoms with Crippen molar-refractivity contribution in [1.82, 2.24) is 10.2 Å². The molecule has 0 aliphatic carbocycles. The molecular weight excluding hydrogens is 204 g/mol. The average molecular weight is 228 g/mol. The Kier molecular flexibility index (Phi) is 4.35. The standard InChI is InChI=1S/C12H24N2S/c1-10-6-12(9-15-10)14(2)8-11-4-3-5-13-7-11/h10-13H,3-9H2,1-2H3. The highest BCUT2D eigenvalue weighted by Gasteiger charge is 2.26. The molecule has 0 radical (unpaired) electrons. The Morgan fingerprint density at radius 1 is 1.47 bits per heavy atom. The second-order valence-corrected chi connectivity index (χ2v) is 6.66. The summed E-state index contributed by atoms with van der Waals surface area (Å²) in [5, 5.41) is 4.38. The molecule has 2 heterocycles. The molecule has 0 saturated carbocycles. The van der Waals surface area contributed by atoms with Crippen LogP contribution in [0.25, 0.3) is 0 Å². The average Bonchev–Trinajstić information content (AvgIpc) is 2.66. The second kappa shape index (κ2) is 5.55. The Morgan fingerprint density at radius 3 is 2.93 bits per heavy atom. The third kappa shape index (κ3) is 3.36. The van der Waals surface area contributed by atoms with Gasteiger partial charge in [0.1, 0.15) is 0 Å². The largest absolute Gasteiger partial charge is 0.316 e. The van der Waals surface area contributed by atoms with Crippen LogP contribution < -0.4 is 5.32 Å². The van der Waals surface area contributed by atoms with Crippen molar-refractivity contribution in [3.63, 3.8) is 0 Å². The maximum absolute atomic E-state index is 3.51. The molecule has 2 nitrogen and oxygen atoms in total. The topological polar surface area (TPSA) is 15.3 Å². The molecule has 88 valence electrons. The van der Waals surface area contributed by atoms with Crippen LogP contribution in [0.1, 0.15) is 26.2 Å². The summed E-state index contributed by atoms with van der Waals surface area (Å²) in [4.78, 5) is 2.61. The monoisotopic (exact) mass is 228 g/mol. The second-order valence-electron chi connectivity index (χ2n) is 5.19. The van der Waals surface area contributed by atoms with E-state index in [1.54, 1.807) is 0 Å². The molecule has 2 rings (SSSR count). The van der Waals surface area contributed by atoms with Gasteiger partial charge in [0.25, 0.3) is 0 Å². The van der Waals surface area contributed by atoms with Gasteiger partial charge in [-0.1, -0.05) is 6.92 Å². The van der Waals surface area contributed by atoms with Crippen LogP contribution in [0.2, 0.25) is 0 Å². The fraction of sp³-hybridized carbons (Fsp3) is 1.00. The molecule has 0 amide bonds. The number of piperidine rings is 1. The Morgan fingerprint density at radius 2 is 2.33 bits per heavy atom. The highest BCUT2D eigenvalue weighted by atomic mass is 32.2. The highest BCUT2D eigenvalue weighted by molar-refractivity contribution is 8.00. The van der Waals surface area contributed by atoms with Crippen molar-refractivity contribution < 1.29 is 0 Å². The van der Waals surface area contributed by atoms with Crippen LogP contribution in [-0.4, -0.2) is 48.6 Å². The van der Waals surface area contributed by atoms with Crippen LogP contribution in [0.4, 0.5) is 0 Å². The summed E-state index contributed by atoms with van der Waals surface area (Å²) < 4.78 is 0. The predicted octanol–water partition coefficient (Wildman–Crippen LogP) is 1.81. The van der Waals surface area contributed by atoms with Gasteiger partial charge in [0.05, 0.1) is 0 Å². The fourth-order valence-electron chi connectivity index (χ4n) is 2.74. The molecule has 2 aliphatic rings. The fourth-order valence-corrected chi connectivity index (χ4v) is 4.04. The zero-order valence-corrected chi connectivity index (χ0v) is 10.9. The van der Waals surface area contributed by atoms with Gasteiger partial charge in [0, 0.05) is 23.6 Å². The number of nitrogens with zero attached hydrogens (tertiary/aromatic N) is 1. The van der Waals surface area contributed by atoms with Gasteiger partial charge in [-0.25, -0.2) is 0 Å².